The van der Waals surface area contributed by atoms with Crippen molar-refractivity contribution < 1.29 is 27.1 Å². The van der Waals surface area contributed by atoms with Crippen LogP contribution in [0, 0.1) is 5.82 Å². The van der Waals surface area contributed by atoms with Gasteiger partial charge in [-0.3, -0.25) is 9.69 Å². The lowest BCUT2D eigenvalue weighted by molar-refractivity contribution is -0.274. The van der Waals surface area contributed by atoms with Gasteiger partial charge in [-0.15, -0.1) is 13.2 Å². The summed E-state index contributed by atoms with van der Waals surface area (Å²) >= 11 is 0. The van der Waals surface area contributed by atoms with Crippen molar-refractivity contribution in [1.29, 1.82) is 0 Å². The Morgan fingerprint density at radius 1 is 1.25 bits per heavy atom. The molecular formula is C13H13F4NO2. The Labute approximate surface area is 113 Å². The SMILES string of the molecule is O=C(CN1CCCC1)c1cc(OC(F)(F)F)ccc1F. The lowest BCUT2D eigenvalue weighted by Gasteiger charge is -2.14. The summed E-state index contributed by atoms with van der Waals surface area (Å²) in [6.45, 7) is 1.49. The molecule has 1 aliphatic heterocycles. The molecule has 1 aromatic carbocycles. The fraction of sp³-hybridized carbons (Fsp3) is 0.462. The number of benzene rings is 1. The van der Waals surface area contributed by atoms with E-state index in [1.165, 1.54) is 0 Å². The molecule has 110 valence electrons. The molecule has 0 aromatic heterocycles. The average molecular weight is 291 g/mol. The molecule has 0 N–H and O–H groups in total. The highest BCUT2D eigenvalue weighted by Crippen LogP contribution is 2.25. The van der Waals surface area contributed by atoms with Crippen LogP contribution in [-0.2, 0) is 0 Å². The zero-order valence-electron chi connectivity index (χ0n) is 10.5. The van der Waals surface area contributed by atoms with E-state index in [1.807, 2.05) is 4.90 Å². The van der Waals surface area contributed by atoms with Crippen molar-refractivity contribution in [2.45, 2.75) is 19.2 Å². The molecule has 0 unspecified atom stereocenters. The maximum absolute atomic E-state index is 13.6. The normalized spacial score (nSPS) is 16.4. The number of ether oxygens (including phenoxy) is 1. The van der Waals surface area contributed by atoms with E-state index in [1.54, 1.807) is 0 Å². The summed E-state index contributed by atoms with van der Waals surface area (Å²) in [4.78, 5) is 13.8. The fourth-order valence-electron chi connectivity index (χ4n) is 2.14. The topological polar surface area (TPSA) is 29.5 Å². The van der Waals surface area contributed by atoms with Gasteiger partial charge in [0.15, 0.2) is 5.78 Å². The summed E-state index contributed by atoms with van der Waals surface area (Å²) in [6, 6.07) is 2.44. The number of halogens is 4. The van der Waals surface area contributed by atoms with Crippen LogP contribution >= 0.6 is 0 Å². The molecule has 0 aliphatic carbocycles. The Kier molecular flexibility index (Phi) is 4.27. The molecule has 0 atom stereocenters. The number of hydrogen-bond acceptors (Lipinski definition) is 3. The first kappa shape index (κ1) is 14.8. The van der Waals surface area contributed by atoms with Crippen LogP contribution in [0.25, 0.3) is 0 Å². The first-order valence-electron chi connectivity index (χ1n) is 6.16. The number of alkyl halides is 3. The number of nitrogens with zero attached hydrogens (tertiary/aromatic N) is 1. The van der Waals surface area contributed by atoms with Gasteiger partial charge in [0.25, 0.3) is 0 Å². The van der Waals surface area contributed by atoms with Crippen LogP contribution in [0.1, 0.15) is 23.2 Å². The van der Waals surface area contributed by atoms with Gasteiger partial charge in [-0.1, -0.05) is 0 Å². The number of Topliss-reactive ketones (excluding diaryl/α,β-unsaturated/α-hetero) is 1. The summed E-state index contributed by atoms with van der Waals surface area (Å²) in [7, 11) is 0. The molecule has 0 radical (unpaired) electrons. The van der Waals surface area contributed by atoms with E-state index in [0.29, 0.717) is 0 Å². The Bertz CT molecular complexity index is 496. The van der Waals surface area contributed by atoms with Gasteiger partial charge in [0, 0.05) is 0 Å². The zero-order chi connectivity index (χ0) is 14.8. The number of carbonyl (C=O) groups is 1. The number of likely N-dealkylation sites (tertiary alicyclic amines) is 1. The molecule has 1 aliphatic rings. The number of rotatable bonds is 4. The standard InChI is InChI=1S/C13H13F4NO2/c14-11-4-3-9(20-13(15,16)17)7-10(11)12(19)8-18-5-1-2-6-18/h3-4,7H,1-2,5-6,8H2. The summed E-state index contributed by atoms with van der Waals surface area (Å²) in [5, 5.41) is 0. The molecule has 1 saturated heterocycles. The van der Waals surface area contributed by atoms with Crippen LogP contribution in [0.15, 0.2) is 18.2 Å². The smallest absolute Gasteiger partial charge is 0.406 e. The van der Waals surface area contributed by atoms with E-state index >= 15 is 0 Å². The minimum absolute atomic E-state index is 0.00634. The quantitative estimate of drug-likeness (QED) is 0.631. The van der Waals surface area contributed by atoms with Crippen molar-refractivity contribution in [1.82, 2.24) is 4.90 Å². The number of carbonyl (C=O) groups excluding carboxylic acids is 1. The lowest BCUT2D eigenvalue weighted by Crippen LogP contribution is -2.27. The van der Waals surface area contributed by atoms with Crippen LogP contribution in [0.4, 0.5) is 17.6 Å². The van der Waals surface area contributed by atoms with E-state index in [4.69, 9.17) is 0 Å². The van der Waals surface area contributed by atoms with Gasteiger partial charge in [0.2, 0.25) is 0 Å². The first-order valence-corrected chi connectivity index (χ1v) is 6.16. The molecule has 7 heteroatoms. The van der Waals surface area contributed by atoms with Gasteiger partial charge in [-0.25, -0.2) is 4.39 Å². The molecule has 1 heterocycles. The van der Waals surface area contributed by atoms with E-state index in [2.05, 4.69) is 4.74 Å². The Hall–Kier alpha value is -1.63. The van der Waals surface area contributed by atoms with Crippen LogP contribution in [0.5, 0.6) is 5.75 Å². The molecule has 0 amide bonds. The van der Waals surface area contributed by atoms with Gasteiger partial charge < -0.3 is 4.74 Å². The third-order valence-corrected chi connectivity index (χ3v) is 3.04. The van der Waals surface area contributed by atoms with Gasteiger partial charge in [0.05, 0.1) is 12.1 Å². The summed E-state index contributed by atoms with van der Waals surface area (Å²) < 4.78 is 53.5. The summed E-state index contributed by atoms with van der Waals surface area (Å²) in [5.74, 6) is -1.98. The second-order valence-corrected chi connectivity index (χ2v) is 4.60. The van der Waals surface area contributed by atoms with Crippen LogP contribution in [0.2, 0.25) is 0 Å². The minimum Gasteiger partial charge on any atom is -0.406 e. The monoisotopic (exact) mass is 291 g/mol. The molecule has 0 spiro atoms. The minimum atomic E-state index is -4.87. The van der Waals surface area contributed by atoms with Gasteiger partial charge in [0.1, 0.15) is 11.6 Å². The Morgan fingerprint density at radius 2 is 1.90 bits per heavy atom. The maximum Gasteiger partial charge on any atom is 0.573 e. The predicted octanol–water partition coefficient (Wildman–Crippen LogP) is 3.00. The zero-order valence-corrected chi connectivity index (χ0v) is 10.5. The highest BCUT2D eigenvalue weighted by atomic mass is 19.4. The average Bonchev–Trinajstić information content (AvgIpc) is 2.82. The Balaban J connectivity index is 2.12. The van der Waals surface area contributed by atoms with Crippen LogP contribution in [-0.4, -0.2) is 36.7 Å². The van der Waals surface area contributed by atoms with Crippen molar-refractivity contribution >= 4 is 5.78 Å². The molecule has 2 rings (SSSR count). The summed E-state index contributed by atoms with van der Waals surface area (Å²) in [6.07, 6.45) is -2.94. The molecule has 0 saturated carbocycles. The van der Waals surface area contributed by atoms with E-state index in [-0.39, 0.29) is 12.1 Å². The van der Waals surface area contributed by atoms with E-state index < -0.39 is 23.7 Å². The highest BCUT2D eigenvalue weighted by Gasteiger charge is 2.31. The van der Waals surface area contributed by atoms with Crippen molar-refractivity contribution in [2.75, 3.05) is 19.6 Å². The highest BCUT2D eigenvalue weighted by molar-refractivity contribution is 5.98. The third kappa shape index (κ3) is 3.93. The van der Waals surface area contributed by atoms with Crippen molar-refractivity contribution in [2.24, 2.45) is 0 Å². The van der Waals surface area contributed by atoms with Crippen molar-refractivity contribution in [3.63, 3.8) is 0 Å². The lowest BCUT2D eigenvalue weighted by atomic mass is 10.1. The first-order chi connectivity index (χ1) is 9.35. The second kappa shape index (κ2) is 5.78. The largest absolute Gasteiger partial charge is 0.573 e. The molecule has 3 nitrogen and oxygen atoms in total. The number of ketones is 1. The van der Waals surface area contributed by atoms with Crippen molar-refractivity contribution in [3.05, 3.63) is 29.6 Å². The number of hydrogen-bond donors (Lipinski definition) is 0. The predicted molar refractivity (Wildman–Crippen MR) is 63.1 cm³/mol. The van der Waals surface area contributed by atoms with Gasteiger partial charge in [-0.2, -0.15) is 0 Å². The second-order valence-electron chi connectivity index (χ2n) is 4.60. The third-order valence-electron chi connectivity index (χ3n) is 3.04. The molecular weight excluding hydrogens is 278 g/mol. The van der Waals surface area contributed by atoms with E-state index in [9.17, 15) is 22.4 Å². The van der Waals surface area contributed by atoms with Crippen LogP contribution in [0.3, 0.4) is 0 Å². The Morgan fingerprint density at radius 3 is 2.50 bits per heavy atom. The van der Waals surface area contributed by atoms with Crippen molar-refractivity contribution in [3.8, 4) is 5.75 Å². The molecule has 1 aromatic rings. The van der Waals surface area contributed by atoms with E-state index in [0.717, 1.165) is 44.1 Å². The molecule has 1 fully saturated rings. The maximum atomic E-state index is 13.6. The van der Waals surface area contributed by atoms with Gasteiger partial charge >= 0.3 is 6.36 Å². The van der Waals surface area contributed by atoms with Gasteiger partial charge in [-0.05, 0) is 44.1 Å². The summed E-state index contributed by atoms with van der Waals surface area (Å²) in [5.41, 5.74) is -0.376. The van der Waals surface area contributed by atoms with Crippen LogP contribution < -0.4 is 4.74 Å². The fourth-order valence-corrected chi connectivity index (χ4v) is 2.14. The molecule has 0 bridgehead atoms. The molecule has 20 heavy (non-hydrogen) atoms.